The second kappa shape index (κ2) is 8.00. The Kier molecular flexibility index (Phi) is 5.43. The molecule has 7 heteroatoms. The highest BCUT2D eigenvalue weighted by molar-refractivity contribution is 7.10. The maximum absolute atomic E-state index is 13.1. The van der Waals surface area contributed by atoms with E-state index in [0.29, 0.717) is 13.1 Å². The molecule has 6 nitrogen and oxygen atoms in total. The maximum atomic E-state index is 13.1. The molecule has 0 radical (unpaired) electrons. The zero-order valence-corrected chi connectivity index (χ0v) is 17.0. The van der Waals surface area contributed by atoms with Gasteiger partial charge in [0, 0.05) is 29.1 Å². The number of rotatable bonds is 6. The van der Waals surface area contributed by atoms with Crippen LogP contribution in [0.4, 0.5) is 0 Å². The Morgan fingerprint density at radius 3 is 2.59 bits per heavy atom. The Bertz CT molecular complexity index is 936. The van der Waals surface area contributed by atoms with Crippen molar-refractivity contribution in [1.82, 2.24) is 10.2 Å². The van der Waals surface area contributed by atoms with Gasteiger partial charge in [0.1, 0.15) is 0 Å². The van der Waals surface area contributed by atoms with E-state index in [4.69, 9.17) is 5.11 Å². The SMILES string of the molecule is CCC1NC2=C(CN(C(=O)C(CO)c3cccs3)C2)C1c1ccc(C(=O)O)cc1. The van der Waals surface area contributed by atoms with Gasteiger partial charge in [-0.1, -0.05) is 25.1 Å². The van der Waals surface area contributed by atoms with Crippen molar-refractivity contribution in [2.45, 2.75) is 31.2 Å². The van der Waals surface area contributed by atoms with Crippen LogP contribution in [0.5, 0.6) is 0 Å². The molecule has 0 aliphatic carbocycles. The van der Waals surface area contributed by atoms with Crippen molar-refractivity contribution in [3.8, 4) is 0 Å². The minimum Gasteiger partial charge on any atom is -0.478 e. The largest absolute Gasteiger partial charge is 0.478 e. The zero-order valence-electron chi connectivity index (χ0n) is 16.2. The summed E-state index contributed by atoms with van der Waals surface area (Å²) in [6.45, 7) is 2.98. The summed E-state index contributed by atoms with van der Waals surface area (Å²) in [6, 6.07) is 11.0. The van der Waals surface area contributed by atoms with Crippen LogP contribution in [-0.4, -0.2) is 52.7 Å². The summed E-state index contributed by atoms with van der Waals surface area (Å²) >= 11 is 1.48. The number of carbonyl (C=O) groups excluding carboxylic acids is 1. The zero-order chi connectivity index (χ0) is 20.5. The van der Waals surface area contributed by atoms with Gasteiger partial charge in [-0.3, -0.25) is 4.79 Å². The van der Waals surface area contributed by atoms with Crippen LogP contribution in [0.1, 0.15) is 46.0 Å². The number of carboxylic acid groups (broad SMARTS) is 1. The third-order valence-electron chi connectivity index (χ3n) is 5.87. The maximum Gasteiger partial charge on any atom is 0.335 e. The van der Waals surface area contributed by atoms with E-state index in [0.717, 1.165) is 22.6 Å². The van der Waals surface area contributed by atoms with Gasteiger partial charge in [-0.2, -0.15) is 0 Å². The molecule has 29 heavy (non-hydrogen) atoms. The summed E-state index contributed by atoms with van der Waals surface area (Å²) in [5.74, 6) is -1.40. The number of hydrogen-bond donors (Lipinski definition) is 3. The Hall–Kier alpha value is -2.64. The summed E-state index contributed by atoms with van der Waals surface area (Å²) in [4.78, 5) is 26.9. The molecule has 3 heterocycles. The molecular formula is C22H24N2O4S. The van der Waals surface area contributed by atoms with E-state index in [9.17, 15) is 14.7 Å². The molecule has 1 amide bonds. The number of nitrogens with one attached hydrogen (secondary N) is 1. The number of aliphatic hydroxyl groups excluding tert-OH is 1. The van der Waals surface area contributed by atoms with Crippen molar-refractivity contribution in [1.29, 1.82) is 0 Å². The quantitative estimate of drug-likeness (QED) is 0.679. The molecule has 0 spiro atoms. The first-order valence-corrected chi connectivity index (χ1v) is 10.7. The number of thiophene rings is 1. The van der Waals surface area contributed by atoms with E-state index < -0.39 is 11.9 Å². The average molecular weight is 413 g/mol. The van der Waals surface area contributed by atoms with Crippen LogP contribution in [0, 0.1) is 0 Å². The predicted molar refractivity (Wildman–Crippen MR) is 111 cm³/mol. The summed E-state index contributed by atoms with van der Waals surface area (Å²) in [5.41, 5.74) is 3.61. The number of aromatic carboxylic acids is 1. The van der Waals surface area contributed by atoms with Crippen LogP contribution in [0.25, 0.3) is 0 Å². The molecule has 2 aromatic rings. The number of amides is 1. The van der Waals surface area contributed by atoms with Gasteiger partial charge < -0.3 is 20.4 Å². The van der Waals surface area contributed by atoms with E-state index in [1.807, 2.05) is 34.5 Å². The van der Waals surface area contributed by atoms with Gasteiger partial charge in [0.05, 0.1) is 24.6 Å². The van der Waals surface area contributed by atoms with Crippen LogP contribution >= 0.6 is 11.3 Å². The third-order valence-corrected chi connectivity index (χ3v) is 6.86. The smallest absolute Gasteiger partial charge is 0.335 e. The highest BCUT2D eigenvalue weighted by Crippen LogP contribution is 2.41. The first kappa shape index (κ1) is 19.7. The summed E-state index contributed by atoms with van der Waals surface area (Å²) < 4.78 is 0. The normalized spacial score (nSPS) is 21.8. The van der Waals surface area contributed by atoms with Crippen molar-refractivity contribution < 1.29 is 19.8 Å². The number of carbonyl (C=O) groups is 2. The predicted octanol–water partition coefficient (Wildman–Crippen LogP) is 2.78. The van der Waals surface area contributed by atoms with E-state index in [-0.39, 0.29) is 30.0 Å². The average Bonchev–Trinajstić information content (AvgIpc) is 3.44. The molecule has 0 bridgehead atoms. The standard InChI is InChI=1S/C22H24N2O4S/c1-2-17-20(13-5-7-14(8-6-13)22(27)28)15-10-24(11-18(15)23-17)21(26)16(12-25)19-4-3-9-29-19/h3-9,16-17,20,23,25H,2,10-12H2,1H3,(H,27,28). The number of nitrogens with zero attached hydrogens (tertiary/aromatic N) is 1. The minimum absolute atomic E-state index is 0.0563. The van der Waals surface area contributed by atoms with Crippen molar-refractivity contribution in [2.24, 2.45) is 0 Å². The molecule has 3 atom stereocenters. The molecule has 0 fully saturated rings. The Balaban J connectivity index is 1.55. The molecule has 1 aromatic heterocycles. The Morgan fingerprint density at radius 1 is 1.24 bits per heavy atom. The summed E-state index contributed by atoms with van der Waals surface area (Å²) in [7, 11) is 0. The Morgan fingerprint density at radius 2 is 2.00 bits per heavy atom. The number of benzene rings is 1. The van der Waals surface area contributed by atoms with E-state index in [1.54, 1.807) is 12.1 Å². The van der Waals surface area contributed by atoms with Crippen molar-refractivity contribution in [3.05, 3.63) is 69.1 Å². The molecule has 1 aromatic carbocycles. The molecule has 2 aliphatic rings. The lowest BCUT2D eigenvalue weighted by molar-refractivity contribution is -0.132. The Labute approximate surface area is 173 Å². The molecule has 0 saturated carbocycles. The minimum atomic E-state index is -0.936. The van der Waals surface area contributed by atoms with Crippen molar-refractivity contribution in [2.75, 3.05) is 19.7 Å². The van der Waals surface area contributed by atoms with Gasteiger partial charge in [-0.15, -0.1) is 11.3 Å². The van der Waals surface area contributed by atoms with Gasteiger partial charge >= 0.3 is 5.97 Å². The molecule has 3 N–H and O–H groups in total. The first-order chi connectivity index (χ1) is 14.0. The summed E-state index contributed by atoms with van der Waals surface area (Å²) in [5, 5.41) is 24.4. The first-order valence-electron chi connectivity index (χ1n) is 9.78. The molecule has 2 aliphatic heterocycles. The molecule has 4 rings (SSSR count). The van der Waals surface area contributed by atoms with Gasteiger partial charge in [0.25, 0.3) is 0 Å². The van der Waals surface area contributed by atoms with Crippen molar-refractivity contribution in [3.63, 3.8) is 0 Å². The molecule has 3 unspecified atom stereocenters. The molecule has 0 saturated heterocycles. The van der Waals surface area contributed by atoms with Crippen LogP contribution in [0.2, 0.25) is 0 Å². The topological polar surface area (TPSA) is 89.9 Å². The number of hydrogen-bond acceptors (Lipinski definition) is 5. The number of aliphatic hydroxyl groups is 1. The van der Waals surface area contributed by atoms with E-state index in [1.165, 1.54) is 16.9 Å². The van der Waals surface area contributed by atoms with Crippen LogP contribution < -0.4 is 5.32 Å². The lowest BCUT2D eigenvalue weighted by atomic mass is 9.86. The second-order valence-corrected chi connectivity index (χ2v) is 8.49. The molecule has 152 valence electrons. The van der Waals surface area contributed by atoms with Crippen LogP contribution in [-0.2, 0) is 4.79 Å². The lowest BCUT2D eigenvalue weighted by Crippen LogP contribution is -2.39. The monoisotopic (exact) mass is 412 g/mol. The lowest BCUT2D eigenvalue weighted by Gasteiger charge is -2.28. The van der Waals surface area contributed by atoms with Gasteiger partial charge in [-0.05, 0) is 41.1 Å². The van der Waals surface area contributed by atoms with Gasteiger partial charge in [0.2, 0.25) is 5.91 Å². The highest BCUT2D eigenvalue weighted by atomic mass is 32.1. The second-order valence-electron chi connectivity index (χ2n) is 7.51. The fraction of sp³-hybridized carbons (Fsp3) is 0.364. The van der Waals surface area contributed by atoms with Gasteiger partial charge in [-0.25, -0.2) is 4.79 Å². The van der Waals surface area contributed by atoms with E-state index >= 15 is 0 Å². The van der Waals surface area contributed by atoms with Crippen LogP contribution in [0.3, 0.4) is 0 Å². The van der Waals surface area contributed by atoms with Crippen molar-refractivity contribution >= 4 is 23.2 Å². The van der Waals surface area contributed by atoms with Crippen LogP contribution in [0.15, 0.2) is 53.0 Å². The molecular weight excluding hydrogens is 388 g/mol. The highest BCUT2D eigenvalue weighted by Gasteiger charge is 2.41. The fourth-order valence-corrected chi connectivity index (χ4v) is 5.19. The van der Waals surface area contributed by atoms with E-state index in [2.05, 4.69) is 12.2 Å². The fourth-order valence-electron chi connectivity index (χ4n) is 4.38. The third kappa shape index (κ3) is 3.56. The van der Waals surface area contributed by atoms with Gasteiger partial charge in [0.15, 0.2) is 0 Å². The number of carboxylic acids is 1. The summed E-state index contributed by atoms with van der Waals surface area (Å²) in [6.07, 6.45) is 0.931.